The second-order valence-electron chi connectivity index (χ2n) is 3.92. The van der Waals surface area contributed by atoms with Crippen molar-refractivity contribution >= 4 is 12.4 Å². The first-order valence-corrected chi connectivity index (χ1v) is 5.85. The number of unbranched alkanes of at least 4 members (excludes halogenated alkanes) is 1. The second-order valence-corrected chi connectivity index (χ2v) is 3.92. The normalized spacial score (nSPS) is 17.2. The van der Waals surface area contributed by atoms with E-state index in [1.54, 1.807) is 4.90 Å². The fraction of sp³-hybridized carbons (Fsp3) is 0.818. The van der Waals surface area contributed by atoms with E-state index in [0.29, 0.717) is 26.2 Å². The molecule has 0 unspecified atom stereocenters. The molecule has 5 heteroatoms. The summed E-state index contributed by atoms with van der Waals surface area (Å²) in [5.41, 5.74) is 0. The van der Waals surface area contributed by atoms with E-state index >= 15 is 0 Å². The molecule has 0 radical (unpaired) electrons. The van der Waals surface area contributed by atoms with E-state index in [4.69, 9.17) is 4.74 Å². The summed E-state index contributed by atoms with van der Waals surface area (Å²) in [7, 11) is 0. The first kappa shape index (κ1) is 13.0. The van der Waals surface area contributed by atoms with Crippen LogP contribution in [0.25, 0.3) is 0 Å². The Bertz CT molecular complexity index is 225. The molecular formula is C11H20N2O3. The lowest BCUT2D eigenvalue weighted by Crippen LogP contribution is -2.49. The number of hydrogen-bond donors (Lipinski definition) is 0. The Hall–Kier alpha value is -1.10. The predicted octanol–water partition coefficient (Wildman–Crippen LogP) is 0.740. The molecule has 0 aromatic heterocycles. The van der Waals surface area contributed by atoms with Gasteiger partial charge in [-0.25, -0.2) is 4.79 Å². The molecule has 0 saturated carbocycles. The maximum absolute atomic E-state index is 11.6. The van der Waals surface area contributed by atoms with E-state index in [2.05, 4.69) is 6.92 Å². The molecule has 1 aliphatic heterocycles. The van der Waals surface area contributed by atoms with E-state index in [9.17, 15) is 9.59 Å². The summed E-state index contributed by atoms with van der Waals surface area (Å²) in [6.07, 6.45) is 2.62. The lowest BCUT2D eigenvalue weighted by atomic mass is 10.3. The molecule has 92 valence electrons. The Labute approximate surface area is 96.3 Å². The van der Waals surface area contributed by atoms with E-state index < -0.39 is 0 Å². The van der Waals surface area contributed by atoms with E-state index in [1.807, 2.05) is 4.90 Å². The molecule has 5 nitrogen and oxygen atoms in total. The van der Waals surface area contributed by atoms with Gasteiger partial charge in [-0.2, -0.15) is 0 Å². The second kappa shape index (κ2) is 7.22. The number of rotatable bonds is 5. The van der Waals surface area contributed by atoms with Crippen LogP contribution in [0, 0.1) is 0 Å². The van der Waals surface area contributed by atoms with Gasteiger partial charge in [0.25, 0.3) is 0 Å². The third-order valence-corrected chi connectivity index (χ3v) is 2.69. The minimum atomic E-state index is -0.223. The van der Waals surface area contributed by atoms with Gasteiger partial charge in [-0.3, -0.25) is 4.90 Å². The topological polar surface area (TPSA) is 49.9 Å². The highest BCUT2D eigenvalue weighted by Crippen LogP contribution is 2.03. The van der Waals surface area contributed by atoms with Gasteiger partial charge in [0.05, 0.1) is 13.2 Å². The third-order valence-electron chi connectivity index (χ3n) is 2.69. The van der Waals surface area contributed by atoms with E-state index in [-0.39, 0.29) is 6.09 Å². The fourth-order valence-corrected chi connectivity index (χ4v) is 1.61. The summed E-state index contributed by atoms with van der Waals surface area (Å²) >= 11 is 0. The summed E-state index contributed by atoms with van der Waals surface area (Å²) in [4.78, 5) is 25.6. The van der Waals surface area contributed by atoms with Gasteiger partial charge in [0.15, 0.2) is 0 Å². The smallest absolute Gasteiger partial charge is 0.409 e. The highest BCUT2D eigenvalue weighted by molar-refractivity contribution is 5.67. The molecule has 0 N–H and O–H groups in total. The molecule has 0 atom stereocenters. The van der Waals surface area contributed by atoms with Gasteiger partial charge < -0.3 is 14.4 Å². The van der Waals surface area contributed by atoms with E-state index in [1.165, 1.54) is 0 Å². The summed E-state index contributed by atoms with van der Waals surface area (Å²) in [5, 5.41) is 0. The molecule has 16 heavy (non-hydrogen) atoms. The zero-order chi connectivity index (χ0) is 11.8. The summed E-state index contributed by atoms with van der Waals surface area (Å²) in [6.45, 7) is 5.83. The van der Waals surface area contributed by atoms with Crippen molar-refractivity contribution in [3.63, 3.8) is 0 Å². The summed E-state index contributed by atoms with van der Waals surface area (Å²) in [5.74, 6) is 0. The number of carbonyl (C=O) groups is 2. The predicted molar refractivity (Wildman–Crippen MR) is 60.3 cm³/mol. The van der Waals surface area contributed by atoms with Gasteiger partial charge in [-0.05, 0) is 6.42 Å². The Morgan fingerprint density at radius 3 is 2.56 bits per heavy atom. The summed E-state index contributed by atoms with van der Waals surface area (Å²) in [6, 6.07) is 0. The molecule has 1 heterocycles. The van der Waals surface area contributed by atoms with Crippen molar-refractivity contribution in [1.82, 2.24) is 9.80 Å². The van der Waals surface area contributed by atoms with Crippen molar-refractivity contribution in [2.24, 2.45) is 0 Å². The number of piperazine rings is 1. The molecule has 1 rings (SSSR count). The maximum atomic E-state index is 11.6. The van der Waals surface area contributed by atoms with E-state index in [0.717, 1.165) is 32.2 Å². The van der Waals surface area contributed by atoms with Gasteiger partial charge in [0, 0.05) is 26.2 Å². The minimum absolute atomic E-state index is 0.223. The van der Waals surface area contributed by atoms with Crippen LogP contribution in [0.5, 0.6) is 0 Å². The Balaban J connectivity index is 2.19. The number of nitrogens with zero attached hydrogens (tertiary/aromatic N) is 2. The van der Waals surface area contributed by atoms with Crippen molar-refractivity contribution in [2.45, 2.75) is 19.8 Å². The molecule has 1 saturated heterocycles. The SMILES string of the molecule is CCCCOC(=O)N1CCN(CC=O)CC1. The highest BCUT2D eigenvalue weighted by atomic mass is 16.6. The average Bonchev–Trinajstić information content (AvgIpc) is 2.30. The number of aldehydes is 1. The van der Waals surface area contributed by atoms with Crippen LogP contribution in [0.15, 0.2) is 0 Å². The van der Waals surface area contributed by atoms with Crippen LogP contribution < -0.4 is 0 Å². The number of ether oxygens (including phenoxy) is 1. The Morgan fingerprint density at radius 1 is 1.31 bits per heavy atom. The maximum Gasteiger partial charge on any atom is 0.409 e. The van der Waals surface area contributed by atoms with Crippen molar-refractivity contribution in [2.75, 3.05) is 39.3 Å². The van der Waals surface area contributed by atoms with Crippen LogP contribution in [-0.4, -0.2) is 61.5 Å². The number of hydrogen-bond acceptors (Lipinski definition) is 4. The van der Waals surface area contributed by atoms with Crippen LogP contribution in [0.2, 0.25) is 0 Å². The molecule has 1 amide bonds. The molecule has 0 bridgehead atoms. The van der Waals surface area contributed by atoms with Crippen LogP contribution in [0.1, 0.15) is 19.8 Å². The molecule has 0 spiro atoms. The standard InChI is InChI=1S/C11H20N2O3/c1-2-3-10-16-11(15)13-6-4-12(5-7-13)8-9-14/h9H,2-8,10H2,1H3. The molecule has 0 aliphatic carbocycles. The van der Waals surface area contributed by atoms with Crippen molar-refractivity contribution in [3.05, 3.63) is 0 Å². The monoisotopic (exact) mass is 228 g/mol. The number of amides is 1. The first-order chi connectivity index (χ1) is 7.77. The summed E-state index contributed by atoms with van der Waals surface area (Å²) < 4.78 is 5.12. The van der Waals surface area contributed by atoms with Crippen LogP contribution in [-0.2, 0) is 9.53 Å². The Kier molecular flexibility index (Phi) is 5.85. The van der Waals surface area contributed by atoms with Crippen molar-refractivity contribution in [3.8, 4) is 0 Å². The Morgan fingerprint density at radius 2 is 2.00 bits per heavy atom. The molecule has 0 aromatic rings. The van der Waals surface area contributed by atoms with Gasteiger partial charge in [-0.1, -0.05) is 13.3 Å². The largest absolute Gasteiger partial charge is 0.449 e. The van der Waals surface area contributed by atoms with Crippen LogP contribution in [0.3, 0.4) is 0 Å². The van der Waals surface area contributed by atoms with Crippen molar-refractivity contribution in [1.29, 1.82) is 0 Å². The lowest BCUT2D eigenvalue weighted by Gasteiger charge is -2.32. The third kappa shape index (κ3) is 4.18. The zero-order valence-corrected chi connectivity index (χ0v) is 9.85. The van der Waals surface area contributed by atoms with Gasteiger partial charge in [-0.15, -0.1) is 0 Å². The quantitative estimate of drug-likeness (QED) is 0.514. The molecule has 0 aromatic carbocycles. The van der Waals surface area contributed by atoms with Gasteiger partial charge >= 0.3 is 6.09 Å². The zero-order valence-electron chi connectivity index (χ0n) is 9.85. The first-order valence-electron chi connectivity index (χ1n) is 5.85. The minimum Gasteiger partial charge on any atom is -0.449 e. The van der Waals surface area contributed by atoms with Crippen molar-refractivity contribution < 1.29 is 14.3 Å². The van der Waals surface area contributed by atoms with Gasteiger partial charge in [0.2, 0.25) is 0 Å². The lowest BCUT2D eigenvalue weighted by molar-refractivity contribution is -0.109. The molecule has 1 fully saturated rings. The van der Waals surface area contributed by atoms with Crippen LogP contribution >= 0.6 is 0 Å². The van der Waals surface area contributed by atoms with Crippen LogP contribution in [0.4, 0.5) is 4.79 Å². The molecular weight excluding hydrogens is 208 g/mol. The molecule has 1 aliphatic rings. The van der Waals surface area contributed by atoms with Gasteiger partial charge in [0.1, 0.15) is 6.29 Å². The average molecular weight is 228 g/mol. The fourth-order valence-electron chi connectivity index (χ4n) is 1.61. The number of carbonyl (C=O) groups excluding carboxylic acids is 2. The highest BCUT2D eigenvalue weighted by Gasteiger charge is 2.21.